The maximum atomic E-state index is 13.0. The number of fused-ring (bicyclic) bond motifs is 1. The lowest BCUT2D eigenvalue weighted by Crippen LogP contribution is -2.31. The molecule has 1 aromatic carbocycles. The Morgan fingerprint density at radius 2 is 1.97 bits per heavy atom. The number of thioether (sulfide) groups is 1. The molecular formula is C24H28N3OS2+. The number of benzene rings is 1. The average molecular weight is 439 g/mol. The predicted molar refractivity (Wildman–Crippen MR) is 132 cm³/mol. The summed E-state index contributed by atoms with van der Waals surface area (Å²) in [5.41, 5.74) is 3.64. The summed E-state index contributed by atoms with van der Waals surface area (Å²) in [6.45, 7) is 10.1. The number of hydrogen-bond donors (Lipinski definition) is 0. The second-order valence-electron chi connectivity index (χ2n) is 7.17. The fraction of sp³-hybridized carbons (Fsp3) is 0.333. The van der Waals surface area contributed by atoms with E-state index < -0.39 is 0 Å². The molecule has 2 aliphatic heterocycles. The van der Waals surface area contributed by atoms with Crippen molar-refractivity contribution in [1.82, 2.24) is 4.57 Å². The molecule has 0 saturated carbocycles. The summed E-state index contributed by atoms with van der Waals surface area (Å²) in [5, 5.41) is 1.27. The highest BCUT2D eigenvalue weighted by molar-refractivity contribution is 8.14. The fourth-order valence-electron chi connectivity index (χ4n) is 3.87. The first-order valence-electron chi connectivity index (χ1n) is 10.6. The third-order valence-electron chi connectivity index (χ3n) is 5.52. The normalized spacial score (nSPS) is 18.8. The molecule has 30 heavy (non-hydrogen) atoms. The molecule has 0 fully saturated rings. The molecule has 0 saturated heterocycles. The van der Waals surface area contributed by atoms with E-state index in [2.05, 4.69) is 72.0 Å². The van der Waals surface area contributed by atoms with Crippen molar-refractivity contribution in [2.75, 3.05) is 30.3 Å². The Labute approximate surface area is 185 Å². The maximum absolute atomic E-state index is 13.0. The molecule has 3 heterocycles. The first-order valence-corrected chi connectivity index (χ1v) is 12.4. The van der Waals surface area contributed by atoms with Crippen molar-refractivity contribution in [1.29, 1.82) is 0 Å². The molecule has 0 amide bonds. The number of thiazole rings is 1. The molecule has 0 unspecified atom stereocenters. The van der Waals surface area contributed by atoms with Crippen molar-refractivity contribution < 1.29 is 4.58 Å². The fourth-order valence-corrected chi connectivity index (χ4v) is 6.11. The van der Waals surface area contributed by atoms with Crippen molar-refractivity contribution in [3.8, 4) is 0 Å². The Balaban J connectivity index is 1.79. The number of hydrogen-bond acceptors (Lipinski definition) is 4. The molecule has 4 nitrogen and oxygen atoms in total. The van der Waals surface area contributed by atoms with E-state index in [0.29, 0.717) is 6.54 Å². The molecule has 2 aliphatic rings. The second-order valence-corrected chi connectivity index (χ2v) is 9.35. The highest BCUT2D eigenvalue weighted by Crippen LogP contribution is 2.32. The van der Waals surface area contributed by atoms with E-state index >= 15 is 0 Å². The van der Waals surface area contributed by atoms with Gasteiger partial charge in [0.25, 0.3) is 5.56 Å². The van der Waals surface area contributed by atoms with Gasteiger partial charge < -0.3 is 4.90 Å². The minimum absolute atomic E-state index is 0.0977. The number of aromatic nitrogens is 1. The van der Waals surface area contributed by atoms with Crippen LogP contribution < -0.4 is 19.7 Å². The summed E-state index contributed by atoms with van der Waals surface area (Å²) >= 11 is 3.46. The standard InChI is InChI=1S/C24H28N3OS2/c1-4-25-14-13-18(19-9-7-8-10-20(19)25)11-12-21-24(28)27(6-3)23(30-21)17-22-26(5-2)15-16-29-22/h7-14,17H,4-6,15-16H2,1-3H3/q+1/b18-11+,21-12-. The van der Waals surface area contributed by atoms with E-state index in [4.69, 9.17) is 0 Å². The zero-order valence-electron chi connectivity index (χ0n) is 17.8. The molecular weight excluding hydrogens is 410 g/mol. The van der Waals surface area contributed by atoms with Crippen LogP contribution >= 0.6 is 23.1 Å². The first-order chi connectivity index (χ1) is 14.7. The largest absolute Gasteiger partial charge is 0.348 e. The van der Waals surface area contributed by atoms with E-state index in [9.17, 15) is 4.79 Å². The number of nitrogens with zero attached hydrogens (tertiary/aromatic N) is 3. The summed E-state index contributed by atoms with van der Waals surface area (Å²) in [4.78, 5) is 15.2. The number of rotatable bonds is 5. The van der Waals surface area contributed by atoms with Crippen LogP contribution in [0.5, 0.6) is 0 Å². The minimum atomic E-state index is 0.0977. The van der Waals surface area contributed by atoms with Crippen LogP contribution in [-0.4, -0.2) is 39.6 Å². The summed E-state index contributed by atoms with van der Waals surface area (Å²) in [6, 6.07) is 8.43. The lowest BCUT2D eigenvalue weighted by Gasteiger charge is -2.26. The number of allylic oxidation sites excluding steroid dienone is 3. The number of anilines is 1. The SMILES string of the molecule is CCN1C=C/C(=C\C=c2/s/c(=C/C3=[N+](CC)CCS3)n(CC)c2=O)c2ccccc21. The van der Waals surface area contributed by atoms with E-state index in [-0.39, 0.29) is 5.56 Å². The van der Waals surface area contributed by atoms with Crippen molar-refractivity contribution in [2.24, 2.45) is 0 Å². The predicted octanol–water partition coefficient (Wildman–Crippen LogP) is 3.11. The van der Waals surface area contributed by atoms with Gasteiger partial charge in [-0.2, -0.15) is 0 Å². The van der Waals surface area contributed by atoms with E-state index in [1.165, 1.54) is 16.3 Å². The van der Waals surface area contributed by atoms with Gasteiger partial charge in [0.2, 0.25) is 5.04 Å². The Bertz CT molecular complexity index is 1210. The zero-order chi connectivity index (χ0) is 21.1. The first kappa shape index (κ1) is 20.9. The third kappa shape index (κ3) is 3.98. The molecule has 0 aliphatic carbocycles. The van der Waals surface area contributed by atoms with Crippen molar-refractivity contribution in [2.45, 2.75) is 27.3 Å². The zero-order valence-corrected chi connectivity index (χ0v) is 19.4. The van der Waals surface area contributed by atoms with Crippen LogP contribution in [0.25, 0.3) is 17.7 Å². The van der Waals surface area contributed by atoms with Gasteiger partial charge in [-0.1, -0.05) is 36.0 Å². The monoisotopic (exact) mass is 438 g/mol. The van der Waals surface area contributed by atoms with Crippen LogP contribution in [0.4, 0.5) is 5.69 Å². The van der Waals surface area contributed by atoms with Gasteiger partial charge in [0.15, 0.2) is 6.54 Å². The molecule has 0 spiro atoms. The topological polar surface area (TPSA) is 28.2 Å². The molecule has 1 aromatic heterocycles. The van der Waals surface area contributed by atoms with Gasteiger partial charge in [-0.3, -0.25) is 9.36 Å². The molecule has 0 N–H and O–H groups in total. The van der Waals surface area contributed by atoms with Crippen LogP contribution in [0.1, 0.15) is 26.3 Å². The van der Waals surface area contributed by atoms with Gasteiger partial charge in [-0.15, -0.1) is 11.3 Å². The molecule has 6 heteroatoms. The Morgan fingerprint density at radius 1 is 1.13 bits per heavy atom. The number of para-hydroxylation sites is 1. The van der Waals surface area contributed by atoms with Crippen LogP contribution in [0, 0.1) is 0 Å². The quantitative estimate of drug-likeness (QED) is 0.672. The van der Waals surface area contributed by atoms with Gasteiger partial charge in [0.1, 0.15) is 11.2 Å². The van der Waals surface area contributed by atoms with Gasteiger partial charge in [0.05, 0.1) is 16.4 Å². The van der Waals surface area contributed by atoms with Crippen LogP contribution in [-0.2, 0) is 6.54 Å². The minimum Gasteiger partial charge on any atom is -0.348 e. The van der Waals surface area contributed by atoms with Crippen molar-refractivity contribution in [3.05, 3.63) is 67.7 Å². The van der Waals surface area contributed by atoms with E-state index in [1.54, 1.807) is 11.3 Å². The van der Waals surface area contributed by atoms with Gasteiger partial charge >= 0.3 is 0 Å². The van der Waals surface area contributed by atoms with E-state index in [1.807, 2.05) is 29.3 Å². The van der Waals surface area contributed by atoms with Crippen LogP contribution in [0.2, 0.25) is 0 Å². The summed E-state index contributed by atoms with van der Waals surface area (Å²) < 4.78 is 6.08. The maximum Gasteiger partial charge on any atom is 0.269 e. The Hall–Kier alpha value is -2.31. The molecule has 0 bridgehead atoms. The summed E-state index contributed by atoms with van der Waals surface area (Å²) in [7, 11) is 0. The van der Waals surface area contributed by atoms with Gasteiger partial charge in [-0.25, -0.2) is 4.58 Å². The van der Waals surface area contributed by atoms with Crippen molar-refractivity contribution in [3.63, 3.8) is 0 Å². The molecule has 0 atom stereocenters. The molecule has 2 aromatic rings. The summed E-state index contributed by atoms with van der Waals surface area (Å²) in [5.74, 6) is 1.12. The summed E-state index contributed by atoms with van der Waals surface area (Å²) in [6.07, 6.45) is 10.5. The lowest BCUT2D eigenvalue weighted by atomic mass is 9.99. The van der Waals surface area contributed by atoms with E-state index in [0.717, 1.165) is 40.2 Å². The highest BCUT2D eigenvalue weighted by atomic mass is 32.2. The van der Waals surface area contributed by atoms with Gasteiger partial charge in [-0.05, 0) is 44.6 Å². The van der Waals surface area contributed by atoms with Crippen LogP contribution in [0.3, 0.4) is 0 Å². The lowest BCUT2D eigenvalue weighted by molar-refractivity contribution is -0.512. The molecule has 156 valence electrons. The Kier molecular flexibility index (Phi) is 6.44. The third-order valence-corrected chi connectivity index (χ3v) is 7.65. The molecule has 0 radical (unpaired) electrons. The second kappa shape index (κ2) is 9.23. The van der Waals surface area contributed by atoms with Crippen molar-refractivity contribution >= 4 is 51.6 Å². The smallest absolute Gasteiger partial charge is 0.269 e. The van der Waals surface area contributed by atoms with Gasteiger partial charge in [0, 0.05) is 30.5 Å². The Morgan fingerprint density at radius 3 is 2.73 bits per heavy atom. The van der Waals surface area contributed by atoms with Crippen LogP contribution in [0.15, 0.2) is 47.4 Å². The average Bonchev–Trinajstić information content (AvgIpc) is 3.35. The highest BCUT2D eigenvalue weighted by Gasteiger charge is 2.20. The molecule has 4 rings (SSSR count).